The molecule has 0 saturated heterocycles. The first-order valence-corrected chi connectivity index (χ1v) is 0. The zero-order valence-corrected chi connectivity index (χ0v) is 6.09. The van der Waals surface area contributed by atoms with Crippen molar-refractivity contribution in [3.05, 3.63) is 14.9 Å². The molecule has 0 spiro atoms. The molecular weight excluding hydrogens is 215 g/mol. The number of hydrogen-bond acceptors (Lipinski definition) is 0. The third kappa shape index (κ3) is 13.3. The van der Waals surface area contributed by atoms with Gasteiger partial charge in [-0.3, -0.25) is 0 Å². The SMILES string of the molecule is C.[CH3-].[CH3-].[Hf]. The van der Waals surface area contributed by atoms with E-state index in [1.807, 2.05) is 0 Å². The van der Waals surface area contributed by atoms with Crippen molar-refractivity contribution in [2.75, 3.05) is 0 Å². The first kappa shape index (κ1) is 96.3. The summed E-state index contributed by atoms with van der Waals surface area (Å²) in [6, 6.07) is 0. The Morgan fingerprint density at radius 1 is 0.750 bits per heavy atom. The maximum Gasteiger partial charge on any atom is 0 e. The molecule has 0 N–H and O–H groups in total. The summed E-state index contributed by atoms with van der Waals surface area (Å²) in [5.41, 5.74) is 0. The van der Waals surface area contributed by atoms with Crippen molar-refractivity contribution >= 4 is 0 Å². The van der Waals surface area contributed by atoms with Crippen LogP contribution in [0, 0.1) is 14.9 Å². The predicted octanol–water partition coefficient (Wildman–Crippen LogP) is 1.53. The predicted molar refractivity (Wildman–Crippen MR) is 19.6 cm³/mol. The third-order valence-electron chi connectivity index (χ3n) is 0. The summed E-state index contributed by atoms with van der Waals surface area (Å²) in [4.78, 5) is 0. The molecule has 0 bridgehead atoms. The van der Waals surface area contributed by atoms with Crippen LogP contribution in [0.15, 0.2) is 0 Å². The van der Waals surface area contributed by atoms with Gasteiger partial charge in [0.15, 0.2) is 0 Å². The molecule has 0 radical (unpaired) electrons. The summed E-state index contributed by atoms with van der Waals surface area (Å²) in [7, 11) is 0. The van der Waals surface area contributed by atoms with E-state index in [2.05, 4.69) is 0 Å². The van der Waals surface area contributed by atoms with Crippen LogP contribution in [0.3, 0.4) is 0 Å². The van der Waals surface area contributed by atoms with Crippen molar-refractivity contribution < 1.29 is 25.8 Å². The Balaban J connectivity index is 0. The molecule has 0 aromatic heterocycles. The zero-order valence-electron chi connectivity index (χ0n) is 2.50. The average Bonchev–Trinajstić information content (AvgIpc) is 0. The summed E-state index contributed by atoms with van der Waals surface area (Å²) in [5.74, 6) is 0. The second-order valence-corrected chi connectivity index (χ2v) is 0. The fourth-order valence-electron chi connectivity index (χ4n) is 0. The Kier molecular flexibility index (Phi) is 1010. The largest absolute Gasteiger partial charge is 0.358 e. The van der Waals surface area contributed by atoms with Gasteiger partial charge in [0.1, 0.15) is 0 Å². The van der Waals surface area contributed by atoms with Gasteiger partial charge >= 0.3 is 0 Å². The molecule has 0 aliphatic carbocycles. The second kappa shape index (κ2) is 42.1. The molecule has 0 aliphatic rings. The number of hydrogen-bond donors (Lipinski definition) is 0. The molecule has 0 saturated carbocycles. The van der Waals surface area contributed by atoms with Gasteiger partial charge in [0.25, 0.3) is 0 Å². The van der Waals surface area contributed by atoms with E-state index >= 15 is 0 Å². The van der Waals surface area contributed by atoms with E-state index in [-0.39, 0.29) is 48.1 Å². The van der Waals surface area contributed by atoms with Crippen LogP contribution >= 0.6 is 0 Å². The van der Waals surface area contributed by atoms with Crippen molar-refractivity contribution in [1.29, 1.82) is 0 Å². The molecule has 0 heterocycles. The monoisotopic (exact) mass is 226 g/mol. The number of rotatable bonds is 0. The van der Waals surface area contributed by atoms with Gasteiger partial charge in [-0.1, -0.05) is 7.43 Å². The smallest absolute Gasteiger partial charge is 0 e. The third-order valence-corrected chi connectivity index (χ3v) is 0. The van der Waals surface area contributed by atoms with Crippen LogP contribution in [-0.4, -0.2) is 0 Å². The van der Waals surface area contributed by atoms with Crippen molar-refractivity contribution in [2.24, 2.45) is 0 Å². The Hall–Kier alpha value is 0.870. The molecule has 0 nitrogen and oxygen atoms in total. The van der Waals surface area contributed by atoms with E-state index in [4.69, 9.17) is 0 Å². The molecule has 0 fully saturated rings. The van der Waals surface area contributed by atoms with Crippen LogP contribution in [0.4, 0.5) is 0 Å². The minimum atomic E-state index is 0. The second-order valence-electron chi connectivity index (χ2n) is 0. The molecule has 28 valence electrons. The van der Waals surface area contributed by atoms with Crippen LogP contribution in [0.25, 0.3) is 0 Å². The summed E-state index contributed by atoms with van der Waals surface area (Å²) in [6.07, 6.45) is 0. The zero-order chi connectivity index (χ0) is 0. The van der Waals surface area contributed by atoms with E-state index in [9.17, 15) is 0 Å². The molecular formula is C3H10Hf-2. The van der Waals surface area contributed by atoms with Gasteiger partial charge in [-0.15, -0.1) is 0 Å². The van der Waals surface area contributed by atoms with E-state index in [1.54, 1.807) is 0 Å². The molecule has 0 unspecified atom stereocenters. The average molecular weight is 225 g/mol. The maximum atomic E-state index is 0. The molecule has 0 atom stereocenters. The molecule has 0 aromatic carbocycles. The van der Waals surface area contributed by atoms with Gasteiger partial charge in [-0.25, -0.2) is 0 Å². The van der Waals surface area contributed by atoms with Gasteiger partial charge in [0, 0.05) is 25.8 Å². The maximum absolute atomic E-state index is 0. The van der Waals surface area contributed by atoms with Crippen LogP contribution in [0.2, 0.25) is 0 Å². The van der Waals surface area contributed by atoms with E-state index in [0.29, 0.717) is 0 Å². The van der Waals surface area contributed by atoms with Crippen LogP contribution in [-0.2, 0) is 25.8 Å². The molecule has 0 aliphatic heterocycles. The first-order valence-electron chi connectivity index (χ1n) is 0. The minimum Gasteiger partial charge on any atom is -0.358 e. The Labute approximate surface area is 48.4 Å². The van der Waals surface area contributed by atoms with Gasteiger partial charge in [0.2, 0.25) is 0 Å². The summed E-state index contributed by atoms with van der Waals surface area (Å²) >= 11 is 0. The molecule has 4 heavy (non-hydrogen) atoms. The normalized spacial score (nSPS) is 0. The van der Waals surface area contributed by atoms with E-state index < -0.39 is 0 Å². The van der Waals surface area contributed by atoms with Crippen molar-refractivity contribution in [3.8, 4) is 0 Å². The quantitative estimate of drug-likeness (QED) is 0.433. The fraction of sp³-hybridized carbons (Fsp3) is 0.333. The van der Waals surface area contributed by atoms with Gasteiger partial charge in [-0.2, -0.15) is 0 Å². The molecule has 0 rings (SSSR count). The van der Waals surface area contributed by atoms with Gasteiger partial charge < -0.3 is 14.9 Å². The standard InChI is InChI=1S/CH4.2CH3.Hf/h1H4;2*1H3;/q;2*-1;. The van der Waals surface area contributed by atoms with E-state index in [1.165, 1.54) is 0 Å². The van der Waals surface area contributed by atoms with Crippen LogP contribution < -0.4 is 0 Å². The Morgan fingerprint density at radius 3 is 0.750 bits per heavy atom. The van der Waals surface area contributed by atoms with E-state index in [0.717, 1.165) is 0 Å². The van der Waals surface area contributed by atoms with Gasteiger partial charge in [-0.05, 0) is 0 Å². The van der Waals surface area contributed by atoms with Crippen LogP contribution in [0.5, 0.6) is 0 Å². The first-order chi connectivity index (χ1) is 0. The Morgan fingerprint density at radius 2 is 0.750 bits per heavy atom. The summed E-state index contributed by atoms with van der Waals surface area (Å²) in [6.45, 7) is 0. The topological polar surface area (TPSA) is 0 Å². The van der Waals surface area contributed by atoms with Crippen molar-refractivity contribution in [2.45, 2.75) is 7.43 Å². The summed E-state index contributed by atoms with van der Waals surface area (Å²) < 4.78 is 0. The van der Waals surface area contributed by atoms with Gasteiger partial charge in [0.05, 0.1) is 0 Å². The Bertz CT molecular complexity index is 3.25. The fourth-order valence-corrected chi connectivity index (χ4v) is 0. The molecule has 0 amide bonds. The minimum absolute atomic E-state index is 0. The molecule has 0 aromatic rings. The molecule has 1 heteroatoms. The van der Waals surface area contributed by atoms with Crippen molar-refractivity contribution in [3.63, 3.8) is 0 Å². The van der Waals surface area contributed by atoms with Crippen LogP contribution in [0.1, 0.15) is 7.43 Å². The summed E-state index contributed by atoms with van der Waals surface area (Å²) in [5, 5.41) is 0. The van der Waals surface area contributed by atoms with Crippen molar-refractivity contribution in [1.82, 2.24) is 0 Å².